The number of ether oxygens (including phenoxy) is 1. The molecule has 1 aromatic carbocycles. The maximum absolute atomic E-state index is 12.2. The fourth-order valence-corrected chi connectivity index (χ4v) is 2.76. The number of carbonyl (C=O) groups excluding carboxylic acids is 2. The van der Waals surface area contributed by atoms with Crippen LogP contribution in [0.1, 0.15) is 32.3 Å². The number of benzene rings is 1. The Hall–Kier alpha value is -1.24. The van der Waals surface area contributed by atoms with Gasteiger partial charge in [-0.1, -0.05) is 25.5 Å². The highest BCUT2D eigenvalue weighted by atomic mass is 35.5. The number of methoxy groups -OCH3 is 1. The zero-order chi connectivity index (χ0) is 16.6. The highest BCUT2D eigenvalue weighted by Crippen LogP contribution is 2.18. The molecule has 0 saturated heterocycles. The minimum absolute atomic E-state index is 0. The first kappa shape index (κ1) is 21.8. The molecular weight excluding hydrogens is 336 g/mol. The number of esters is 1. The Kier molecular flexibility index (Phi) is 9.95. The number of anilines is 1. The van der Waals surface area contributed by atoms with Crippen LogP contribution in [0, 0.1) is 0 Å². The van der Waals surface area contributed by atoms with E-state index in [-0.39, 0.29) is 24.3 Å². The van der Waals surface area contributed by atoms with Gasteiger partial charge in [-0.3, -0.25) is 9.59 Å². The van der Waals surface area contributed by atoms with Crippen LogP contribution in [-0.4, -0.2) is 30.3 Å². The molecule has 1 aromatic rings. The number of hydrogen-bond donors (Lipinski definition) is 2. The van der Waals surface area contributed by atoms with E-state index in [0.29, 0.717) is 23.6 Å². The molecule has 5 nitrogen and oxygen atoms in total. The number of halogens is 1. The van der Waals surface area contributed by atoms with E-state index in [1.165, 1.54) is 18.9 Å². The van der Waals surface area contributed by atoms with Gasteiger partial charge in [0.1, 0.15) is 0 Å². The minimum atomic E-state index is -0.871. The number of rotatable bonds is 8. The molecule has 23 heavy (non-hydrogen) atoms. The van der Waals surface area contributed by atoms with Gasteiger partial charge in [0.15, 0.2) is 0 Å². The van der Waals surface area contributed by atoms with Gasteiger partial charge in [-0.25, -0.2) is 0 Å². The average molecular weight is 361 g/mol. The molecule has 1 atom stereocenters. The SMILES string of the molecule is CCCC(C)(N)C(=O)Nc1cccc(CSCC(=O)OC)c1.Cl. The van der Waals surface area contributed by atoms with Crippen LogP contribution in [0.15, 0.2) is 24.3 Å². The van der Waals surface area contributed by atoms with E-state index >= 15 is 0 Å². The number of nitrogens with two attached hydrogens (primary N) is 1. The van der Waals surface area contributed by atoms with Crippen LogP contribution in [-0.2, 0) is 20.1 Å². The van der Waals surface area contributed by atoms with E-state index in [1.54, 1.807) is 6.92 Å². The molecule has 0 fully saturated rings. The molecule has 0 radical (unpaired) electrons. The first-order valence-corrected chi connectivity index (χ1v) is 8.38. The van der Waals surface area contributed by atoms with Crippen molar-refractivity contribution >= 4 is 41.7 Å². The summed E-state index contributed by atoms with van der Waals surface area (Å²) in [6.07, 6.45) is 1.48. The summed E-state index contributed by atoms with van der Waals surface area (Å²) in [6.45, 7) is 3.74. The predicted octanol–water partition coefficient (Wildman–Crippen LogP) is 2.97. The van der Waals surface area contributed by atoms with Gasteiger partial charge in [0.2, 0.25) is 5.91 Å². The number of hydrogen-bond acceptors (Lipinski definition) is 5. The molecule has 0 aromatic heterocycles. The van der Waals surface area contributed by atoms with Crippen molar-refractivity contribution in [3.63, 3.8) is 0 Å². The summed E-state index contributed by atoms with van der Waals surface area (Å²) >= 11 is 1.47. The molecule has 0 aliphatic carbocycles. The lowest BCUT2D eigenvalue weighted by molar-refractivity contribution is -0.137. The van der Waals surface area contributed by atoms with Crippen molar-refractivity contribution < 1.29 is 14.3 Å². The van der Waals surface area contributed by atoms with Gasteiger partial charge in [-0.05, 0) is 31.0 Å². The summed E-state index contributed by atoms with van der Waals surface area (Å²) in [5, 5.41) is 2.85. The Morgan fingerprint density at radius 3 is 2.70 bits per heavy atom. The Morgan fingerprint density at radius 1 is 1.39 bits per heavy atom. The summed E-state index contributed by atoms with van der Waals surface area (Å²) in [4.78, 5) is 23.2. The van der Waals surface area contributed by atoms with E-state index in [0.717, 1.165) is 12.0 Å². The van der Waals surface area contributed by atoms with Crippen LogP contribution >= 0.6 is 24.2 Å². The van der Waals surface area contributed by atoms with E-state index in [1.807, 2.05) is 31.2 Å². The van der Waals surface area contributed by atoms with Crippen LogP contribution in [0.5, 0.6) is 0 Å². The van der Waals surface area contributed by atoms with Crippen molar-refractivity contribution in [1.29, 1.82) is 0 Å². The Bertz CT molecular complexity index is 524. The van der Waals surface area contributed by atoms with Gasteiger partial charge in [0.25, 0.3) is 0 Å². The second kappa shape index (κ2) is 10.5. The van der Waals surface area contributed by atoms with Crippen LogP contribution in [0.4, 0.5) is 5.69 Å². The largest absolute Gasteiger partial charge is 0.468 e. The third kappa shape index (κ3) is 7.72. The average Bonchev–Trinajstić information content (AvgIpc) is 2.47. The molecule has 0 spiro atoms. The van der Waals surface area contributed by atoms with E-state index in [2.05, 4.69) is 10.1 Å². The summed E-state index contributed by atoms with van der Waals surface area (Å²) in [5.74, 6) is 0.555. The number of thioether (sulfide) groups is 1. The monoisotopic (exact) mass is 360 g/mol. The molecule has 0 heterocycles. The Balaban J connectivity index is 0.00000484. The second-order valence-corrected chi connectivity index (χ2v) is 6.38. The molecule has 7 heteroatoms. The summed E-state index contributed by atoms with van der Waals surface area (Å²) in [5.41, 5.74) is 6.89. The van der Waals surface area contributed by atoms with Crippen molar-refractivity contribution in [2.45, 2.75) is 38.0 Å². The van der Waals surface area contributed by atoms with Gasteiger partial charge in [-0.15, -0.1) is 24.2 Å². The first-order valence-electron chi connectivity index (χ1n) is 7.23. The van der Waals surface area contributed by atoms with Crippen molar-refractivity contribution in [3.8, 4) is 0 Å². The molecule has 1 unspecified atom stereocenters. The number of nitrogens with one attached hydrogen (secondary N) is 1. The fourth-order valence-electron chi connectivity index (χ4n) is 1.96. The van der Waals surface area contributed by atoms with Crippen molar-refractivity contribution in [2.24, 2.45) is 5.73 Å². The standard InChI is InChI=1S/C16H24N2O3S.ClH/c1-4-8-16(2,17)15(20)18-13-7-5-6-12(9-13)10-22-11-14(19)21-3;/h5-7,9H,4,8,10-11,17H2,1-3H3,(H,18,20);1H. The fraction of sp³-hybridized carbons (Fsp3) is 0.500. The maximum atomic E-state index is 12.2. The molecule has 1 rings (SSSR count). The Morgan fingerprint density at radius 2 is 2.09 bits per heavy atom. The van der Waals surface area contributed by atoms with Crippen molar-refractivity contribution in [2.75, 3.05) is 18.2 Å². The van der Waals surface area contributed by atoms with Gasteiger partial charge < -0.3 is 15.8 Å². The van der Waals surface area contributed by atoms with Gasteiger partial charge in [0.05, 0.1) is 18.4 Å². The van der Waals surface area contributed by atoms with Crippen molar-refractivity contribution in [3.05, 3.63) is 29.8 Å². The third-order valence-electron chi connectivity index (χ3n) is 3.19. The first-order chi connectivity index (χ1) is 10.4. The van der Waals surface area contributed by atoms with E-state index < -0.39 is 5.54 Å². The third-order valence-corrected chi connectivity index (χ3v) is 4.17. The summed E-state index contributed by atoms with van der Waals surface area (Å²) in [6, 6.07) is 7.55. The molecule has 3 N–H and O–H groups in total. The maximum Gasteiger partial charge on any atom is 0.315 e. The van der Waals surface area contributed by atoms with E-state index in [9.17, 15) is 9.59 Å². The topological polar surface area (TPSA) is 81.4 Å². The van der Waals surface area contributed by atoms with Gasteiger partial charge >= 0.3 is 5.97 Å². The molecule has 0 bridgehead atoms. The predicted molar refractivity (Wildman–Crippen MR) is 98.0 cm³/mol. The number of carbonyl (C=O) groups is 2. The van der Waals surface area contributed by atoms with Crippen LogP contribution in [0.2, 0.25) is 0 Å². The van der Waals surface area contributed by atoms with Gasteiger partial charge in [-0.2, -0.15) is 0 Å². The van der Waals surface area contributed by atoms with Crippen LogP contribution in [0.25, 0.3) is 0 Å². The molecule has 0 saturated carbocycles. The molecule has 130 valence electrons. The zero-order valence-electron chi connectivity index (χ0n) is 13.8. The lowest BCUT2D eigenvalue weighted by Crippen LogP contribution is -2.48. The molecular formula is C16H25ClN2O3S. The summed E-state index contributed by atoms with van der Waals surface area (Å²) in [7, 11) is 1.37. The molecule has 0 aliphatic heterocycles. The highest BCUT2D eigenvalue weighted by molar-refractivity contribution is 7.99. The zero-order valence-corrected chi connectivity index (χ0v) is 15.4. The smallest absolute Gasteiger partial charge is 0.315 e. The highest BCUT2D eigenvalue weighted by Gasteiger charge is 2.27. The Labute approximate surface area is 148 Å². The minimum Gasteiger partial charge on any atom is -0.468 e. The number of amides is 1. The van der Waals surface area contributed by atoms with E-state index in [4.69, 9.17) is 5.73 Å². The summed E-state index contributed by atoms with van der Waals surface area (Å²) < 4.78 is 4.59. The van der Waals surface area contributed by atoms with Gasteiger partial charge in [0, 0.05) is 11.4 Å². The lowest BCUT2D eigenvalue weighted by Gasteiger charge is -2.23. The quantitative estimate of drug-likeness (QED) is 0.696. The van der Waals surface area contributed by atoms with Crippen LogP contribution in [0.3, 0.4) is 0 Å². The second-order valence-electron chi connectivity index (χ2n) is 5.39. The molecule has 0 aliphatic rings. The lowest BCUT2D eigenvalue weighted by atomic mass is 9.96. The van der Waals surface area contributed by atoms with Crippen LogP contribution < -0.4 is 11.1 Å². The molecule has 1 amide bonds. The van der Waals surface area contributed by atoms with Crippen molar-refractivity contribution in [1.82, 2.24) is 0 Å². The normalized spacial score (nSPS) is 12.7.